The Morgan fingerprint density at radius 1 is 0.638 bits per heavy atom. The van der Waals surface area contributed by atoms with Crippen molar-refractivity contribution >= 4 is 45.4 Å². The lowest BCUT2D eigenvalue weighted by Gasteiger charge is -2.30. The third-order valence-corrected chi connectivity index (χ3v) is 8.68. The van der Waals surface area contributed by atoms with E-state index in [-0.39, 0.29) is 29.7 Å². The van der Waals surface area contributed by atoms with Crippen LogP contribution in [0, 0.1) is 25.7 Å². The fourth-order valence-corrected chi connectivity index (χ4v) is 5.89. The molecule has 2 N–H and O–H groups in total. The van der Waals surface area contributed by atoms with Crippen molar-refractivity contribution in [2.75, 3.05) is 40.4 Å². The van der Waals surface area contributed by atoms with Crippen LogP contribution in [-0.4, -0.2) is 74.2 Å². The van der Waals surface area contributed by atoms with Gasteiger partial charge in [0.05, 0.1) is 31.6 Å². The molecular weight excluding hydrogens is 596 g/mol. The topological polar surface area (TPSA) is 122 Å². The second-order valence-corrected chi connectivity index (χ2v) is 12.1. The molecule has 9 nitrogen and oxygen atoms in total. The van der Waals surface area contributed by atoms with Crippen molar-refractivity contribution in [1.82, 2.24) is 10.2 Å². The number of methoxy groups -OCH3 is 2. The molecular formula is C38H44N2O7. The molecule has 2 saturated heterocycles. The van der Waals surface area contributed by atoms with Gasteiger partial charge in [-0.3, -0.25) is 14.4 Å². The van der Waals surface area contributed by atoms with Gasteiger partial charge in [-0.1, -0.05) is 59.7 Å². The van der Waals surface area contributed by atoms with Crippen molar-refractivity contribution in [3.8, 4) is 0 Å². The van der Waals surface area contributed by atoms with Gasteiger partial charge in [0.25, 0.3) is 5.91 Å². The Morgan fingerprint density at radius 2 is 1.06 bits per heavy atom. The smallest absolute Gasteiger partial charge is 0.335 e. The molecule has 2 fully saturated rings. The number of aryl methyl sites for hydroxylation is 2. The predicted molar refractivity (Wildman–Crippen MR) is 183 cm³/mol. The van der Waals surface area contributed by atoms with Crippen molar-refractivity contribution in [2.45, 2.75) is 39.5 Å². The van der Waals surface area contributed by atoms with Crippen LogP contribution in [0.4, 0.5) is 0 Å². The van der Waals surface area contributed by atoms with Crippen molar-refractivity contribution < 1.29 is 33.8 Å². The van der Waals surface area contributed by atoms with E-state index in [4.69, 9.17) is 9.84 Å². The molecule has 0 aliphatic carbocycles. The Morgan fingerprint density at radius 3 is 1.55 bits per heavy atom. The number of ether oxygens (including phenoxy) is 2. The van der Waals surface area contributed by atoms with Crippen molar-refractivity contribution in [3.63, 3.8) is 0 Å². The molecule has 0 unspecified atom stereocenters. The number of carboxylic acid groups (broad SMARTS) is 1. The predicted octanol–water partition coefficient (Wildman–Crippen LogP) is 6.18. The lowest BCUT2D eigenvalue weighted by molar-refractivity contribution is -0.147. The lowest BCUT2D eigenvalue weighted by atomic mass is 9.96. The van der Waals surface area contributed by atoms with E-state index in [1.165, 1.54) is 25.3 Å². The van der Waals surface area contributed by atoms with Crippen LogP contribution in [0.1, 0.15) is 57.5 Å². The van der Waals surface area contributed by atoms with Gasteiger partial charge in [0.1, 0.15) is 0 Å². The number of carbonyl (C=O) groups is 4. The van der Waals surface area contributed by atoms with E-state index in [9.17, 15) is 19.2 Å². The number of carbonyl (C=O) groups excluding carboxylic acids is 3. The van der Waals surface area contributed by atoms with E-state index in [1.807, 2.05) is 60.4 Å². The summed E-state index contributed by atoms with van der Waals surface area (Å²) in [5, 5.41) is 16.3. The van der Waals surface area contributed by atoms with Crippen LogP contribution in [0.15, 0.2) is 72.8 Å². The first-order valence-corrected chi connectivity index (χ1v) is 16.0. The first-order valence-electron chi connectivity index (χ1n) is 16.0. The maximum Gasteiger partial charge on any atom is 0.335 e. The number of amides is 1. The zero-order valence-corrected chi connectivity index (χ0v) is 27.6. The second-order valence-electron chi connectivity index (χ2n) is 12.1. The number of piperidine rings is 2. The number of carboxylic acids is 1. The summed E-state index contributed by atoms with van der Waals surface area (Å²) in [5.74, 6) is -1.00. The molecule has 0 atom stereocenters. The van der Waals surface area contributed by atoms with E-state index < -0.39 is 5.97 Å². The third kappa shape index (κ3) is 9.62. The summed E-state index contributed by atoms with van der Waals surface area (Å²) in [6.07, 6.45) is 3.19. The maximum atomic E-state index is 12.7. The Hall–Kier alpha value is -4.76. The fraction of sp³-hybridized carbons (Fsp3) is 0.368. The first-order chi connectivity index (χ1) is 22.6. The molecule has 2 aliphatic heterocycles. The molecule has 6 rings (SSSR count). The van der Waals surface area contributed by atoms with Gasteiger partial charge in [0.2, 0.25) is 0 Å². The minimum Gasteiger partial charge on any atom is -0.478 e. The van der Waals surface area contributed by atoms with Crippen LogP contribution in [0.3, 0.4) is 0 Å². The van der Waals surface area contributed by atoms with Crippen LogP contribution in [0.25, 0.3) is 21.5 Å². The highest BCUT2D eigenvalue weighted by Gasteiger charge is 2.28. The van der Waals surface area contributed by atoms with Gasteiger partial charge in [-0.15, -0.1) is 0 Å². The minimum absolute atomic E-state index is 0.0378. The molecule has 0 bridgehead atoms. The summed E-state index contributed by atoms with van der Waals surface area (Å²) in [6.45, 7) is 7.17. The van der Waals surface area contributed by atoms with E-state index in [1.54, 1.807) is 12.1 Å². The third-order valence-electron chi connectivity index (χ3n) is 8.68. The van der Waals surface area contributed by atoms with Crippen LogP contribution in [0.2, 0.25) is 0 Å². The summed E-state index contributed by atoms with van der Waals surface area (Å²) in [6, 6.07) is 23.2. The number of nitrogens with zero attached hydrogens (tertiary/aromatic N) is 1. The Balaban J connectivity index is 0.000000177. The van der Waals surface area contributed by atoms with Gasteiger partial charge in [-0.05, 0) is 98.4 Å². The van der Waals surface area contributed by atoms with Crippen LogP contribution >= 0.6 is 0 Å². The minimum atomic E-state index is -0.882. The molecule has 47 heavy (non-hydrogen) atoms. The standard InChI is InChI=1S/C19H21NO3.C12H10O2.C7H13NO2/c1-13-3-4-16-12-17(6-5-15(16)11-13)18(21)20-9-7-14(8-10-20)19(22)23-2;1-8-2-3-10-7-11(12(13)14)5-4-9(10)6-8;1-10-7(9)6-2-4-8-5-3-6/h3-6,11-12,14H,7-10H2,1-2H3;2-7H,1H3,(H,13,14);6,8H,2-5H2,1H3. The molecule has 2 aliphatic rings. The number of rotatable bonds is 4. The van der Waals surface area contributed by atoms with Gasteiger partial charge in [0.15, 0.2) is 0 Å². The van der Waals surface area contributed by atoms with Crippen LogP contribution in [-0.2, 0) is 19.1 Å². The zero-order valence-electron chi connectivity index (χ0n) is 27.6. The van der Waals surface area contributed by atoms with E-state index >= 15 is 0 Å². The molecule has 4 aromatic rings. The van der Waals surface area contributed by atoms with Crippen molar-refractivity contribution in [3.05, 3.63) is 95.1 Å². The Labute approximate surface area is 275 Å². The molecule has 0 spiro atoms. The number of hydrogen-bond donors (Lipinski definition) is 2. The number of esters is 2. The maximum absolute atomic E-state index is 12.7. The molecule has 4 aromatic carbocycles. The summed E-state index contributed by atoms with van der Waals surface area (Å²) in [7, 11) is 2.86. The number of likely N-dealkylation sites (tertiary alicyclic amines) is 1. The zero-order chi connectivity index (χ0) is 33.9. The second kappa shape index (κ2) is 16.7. The van der Waals surface area contributed by atoms with E-state index in [0.717, 1.165) is 47.5 Å². The highest BCUT2D eigenvalue weighted by molar-refractivity contribution is 5.99. The quantitative estimate of drug-likeness (QED) is 0.254. The van der Waals surface area contributed by atoms with Gasteiger partial charge < -0.3 is 24.8 Å². The molecule has 248 valence electrons. The lowest BCUT2D eigenvalue weighted by Crippen LogP contribution is -2.40. The number of hydrogen-bond acceptors (Lipinski definition) is 7. The van der Waals surface area contributed by atoms with Crippen LogP contribution in [0.5, 0.6) is 0 Å². The molecule has 1 amide bonds. The average Bonchev–Trinajstić information content (AvgIpc) is 3.11. The largest absolute Gasteiger partial charge is 0.478 e. The first kappa shape index (κ1) is 35.1. The normalized spacial score (nSPS) is 15.1. The molecule has 0 radical (unpaired) electrons. The van der Waals surface area contributed by atoms with Gasteiger partial charge in [-0.2, -0.15) is 0 Å². The number of benzene rings is 4. The molecule has 0 aromatic heterocycles. The summed E-state index contributed by atoms with van der Waals surface area (Å²) in [4.78, 5) is 47.7. The molecule has 0 saturated carbocycles. The highest BCUT2D eigenvalue weighted by atomic mass is 16.5. The van der Waals surface area contributed by atoms with Gasteiger partial charge in [-0.25, -0.2) is 4.79 Å². The van der Waals surface area contributed by atoms with Crippen LogP contribution < -0.4 is 5.32 Å². The van der Waals surface area contributed by atoms with Gasteiger partial charge >= 0.3 is 17.9 Å². The average molecular weight is 641 g/mol. The number of nitrogens with one attached hydrogen (secondary N) is 1. The highest BCUT2D eigenvalue weighted by Crippen LogP contribution is 2.23. The van der Waals surface area contributed by atoms with Crippen molar-refractivity contribution in [1.29, 1.82) is 0 Å². The van der Waals surface area contributed by atoms with E-state index in [0.29, 0.717) is 37.1 Å². The Kier molecular flexibility index (Phi) is 12.5. The number of fused-ring (bicyclic) bond motifs is 2. The monoisotopic (exact) mass is 640 g/mol. The van der Waals surface area contributed by atoms with Crippen molar-refractivity contribution in [2.24, 2.45) is 11.8 Å². The van der Waals surface area contributed by atoms with E-state index in [2.05, 4.69) is 29.1 Å². The van der Waals surface area contributed by atoms with Gasteiger partial charge in [0, 0.05) is 18.7 Å². The molecule has 9 heteroatoms. The summed E-state index contributed by atoms with van der Waals surface area (Å²) >= 11 is 0. The fourth-order valence-electron chi connectivity index (χ4n) is 5.89. The SMILES string of the molecule is COC(=O)C1CCN(C(=O)c2ccc3cc(C)ccc3c2)CC1.COC(=O)C1CCNCC1.Cc1ccc2cc(C(=O)O)ccc2c1. The number of aromatic carboxylic acids is 1. The summed E-state index contributed by atoms with van der Waals surface area (Å²) in [5.41, 5.74) is 3.43. The Bertz CT molecular complexity index is 1720. The molecule has 2 heterocycles. The summed E-state index contributed by atoms with van der Waals surface area (Å²) < 4.78 is 9.41.